The summed E-state index contributed by atoms with van der Waals surface area (Å²) in [6.07, 6.45) is 5.37. The van der Waals surface area contributed by atoms with Gasteiger partial charge in [0.05, 0.1) is 6.10 Å². The van der Waals surface area contributed by atoms with Crippen molar-refractivity contribution in [2.45, 2.75) is 37.8 Å². The summed E-state index contributed by atoms with van der Waals surface area (Å²) in [5.41, 5.74) is 2.96. The van der Waals surface area contributed by atoms with Crippen LogP contribution in [0.3, 0.4) is 0 Å². The van der Waals surface area contributed by atoms with Crippen molar-refractivity contribution in [3.05, 3.63) is 29.8 Å². The van der Waals surface area contributed by atoms with E-state index in [-0.39, 0.29) is 0 Å². The van der Waals surface area contributed by atoms with Gasteiger partial charge in [-0.3, -0.25) is 0 Å². The predicted octanol–water partition coefficient (Wildman–Crippen LogP) is 2.21. The predicted molar refractivity (Wildman–Crippen MR) is 78.8 cm³/mol. The van der Waals surface area contributed by atoms with E-state index in [1.165, 1.54) is 37.1 Å². The lowest BCUT2D eigenvalue weighted by molar-refractivity contribution is 0.117. The fraction of sp³-hybridized carbons (Fsp3) is 0.625. The van der Waals surface area contributed by atoms with Gasteiger partial charge < -0.3 is 15.0 Å². The first-order valence-corrected chi connectivity index (χ1v) is 7.46. The number of para-hydroxylation sites is 1. The first-order chi connectivity index (χ1) is 9.36. The lowest BCUT2D eigenvalue weighted by Gasteiger charge is -2.28. The van der Waals surface area contributed by atoms with Gasteiger partial charge in [0, 0.05) is 38.5 Å². The SMILES string of the molecule is COC1CNC(CN2CCCCc3ccccc32)C1. The van der Waals surface area contributed by atoms with Crippen LogP contribution in [0.5, 0.6) is 0 Å². The van der Waals surface area contributed by atoms with Crippen LogP contribution in [0.1, 0.15) is 24.8 Å². The number of benzene rings is 1. The molecule has 0 amide bonds. The molecular formula is C16H24N2O. The Balaban J connectivity index is 1.70. The van der Waals surface area contributed by atoms with Crippen LogP contribution in [0.25, 0.3) is 0 Å². The zero-order valence-electron chi connectivity index (χ0n) is 11.8. The first-order valence-electron chi connectivity index (χ1n) is 7.46. The molecule has 2 aliphatic rings. The molecule has 1 aromatic rings. The van der Waals surface area contributed by atoms with Gasteiger partial charge in [0.15, 0.2) is 0 Å². The number of nitrogens with zero attached hydrogens (tertiary/aromatic N) is 1. The summed E-state index contributed by atoms with van der Waals surface area (Å²) in [4.78, 5) is 2.57. The van der Waals surface area contributed by atoms with Crippen molar-refractivity contribution in [3.8, 4) is 0 Å². The Morgan fingerprint density at radius 1 is 1.32 bits per heavy atom. The zero-order valence-corrected chi connectivity index (χ0v) is 11.8. The third-order valence-electron chi connectivity index (χ3n) is 4.41. The molecule has 0 radical (unpaired) electrons. The van der Waals surface area contributed by atoms with Gasteiger partial charge >= 0.3 is 0 Å². The summed E-state index contributed by atoms with van der Waals surface area (Å²) in [6, 6.07) is 9.46. The number of fused-ring (bicyclic) bond motifs is 1. The Kier molecular flexibility index (Phi) is 4.04. The van der Waals surface area contributed by atoms with Crippen LogP contribution in [-0.4, -0.2) is 38.9 Å². The van der Waals surface area contributed by atoms with Crippen molar-refractivity contribution in [1.29, 1.82) is 0 Å². The normalized spacial score (nSPS) is 27.1. The lowest BCUT2D eigenvalue weighted by Crippen LogP contribution is -2.38. The van der Waals surface area contributed by atoms with Gasteiger partial charge in [-0.2, -0.15) is 0 Å². The van der Waals surface area contributed by atoms with Crippen molar-refractivity contribution >= 4 is 5.69 Å². The van der Waals surface area contributed by atoms with E-state index in [0.717, 1.165) is 19.5 Å². The van der Waals surface area contributed by atoms with Crippen molar-refractivity contribution in [2.24, 2.45) is 0 Å². The maximum Gasteiger partial charge on any atom is 0.0711 e. The summed E-state index contributed by atoms with van der Waals surface area (Å²) >= 11 is 0. The fourth-order valence-electron chi connectivity index (χ4n) is 3.33. The van der Waals surface area contributed by atoms with Crippen LogP contribution >= 0.6 is 0 Å². The largest absolute Gasteiger partial charge is 0.380 e. The maximum absolute atomic E-state index is 5.44. The molecule has 2 unspecified atom stereocenters. The average molecular weight is 260 g/mol. The van der Waals surface area contributed by atoms with Crippen LogP contribution in [0.2, 0.25) is 0 Å². The average Bonchev–Trinajstić information content (AvgIpc) is 2.80. The number of anilines is 1. The lowest BCUT2D eigenvalue weighted by atomic mass is 10.1. The van der Waals surface area contributed by atoms with E-state index in [4.69, 9.17) is 4.74 Å². The van der Waals surface area contributed by atoms with Crippen LogP contribution in [-0.2, 0) is 11.2 Å². The van der Waals surface area contributed by atoms with E-state index in [2.05, 4.69) is 34.5 Å². The van der Waals surface area contributed by atoms with E-state index in [0.29, 0.717) is 12.1 Å². The molecule has 2 aliphatic heterocycles. The molecule has 3 heteroatoms. The Hall–Kier alpha value is -1.06. The fourth-order valence-corrected chi connectivity index (χ4v) is 3.33. The first kappa shape index (κ1) is 12.9. The van der Waals surface area contributed by atoms with Gasteiger partial charge in [-0.15, -0.1) is 0 Å². The van der Waals surface area contributed by atoms with Crippen molar-refractivity contribution in [3.63, 3.8) is 0 Å². The molecule has 2 heterocycles. The minimum Gasteiger partial charge on any atom is -0.380 e. The van der Waals surface area contributed by atoms with Crippen LogP contribution in [0.4, 0.5) is 5.69 Å². The second kappa shape index (κ2) is 5.93. The molecule has 1 N–H and O–H groups in total. The quantitative estimate of drug-likeness (QED) is 0.902. The molecule has 0 bridgehead atoms. The highest BCUT2D eigenvalue weighted by Gasteiger charge is 2.26. The van der Waals surface area contributed by atoms with E-state index >= 15 is 0 Å². The highest BCUT2D eigenvalue weighted by Crippen LogP contribution is 2.27. The second-order valence-corrected chi connectivity index (χ2v) is 5.73. The van der Waals surface area contributed by atoms with E-state index in [1.54, 1.807) is 0 Å². The maximum atomic E-state index is 5.44. The number of methoxy groups -OCH3 is 1. The topological polar surface area (TPSA) is 24.5 Å². The Morgan fingerprint density at radius 3 is 3.05 bits per heavy atom. The number of aryl methyl sites for hydroxylation is 1. The van der Waals surface area contributed by atoms with Gasteiger partial charge in [0.2, 0.25) is 0 Å². The van der Waals surface area contributed by atoms with Crippen molar-refractivity contribution in [1.82, 2.24) is 5.32 Å². The van der Waals surface area contributed by atoms with E-state index < -0.39 is 0 Å². The number of hydrogen-bond acceptors (Lipinski definition) is 3. The van der Waals surface area contributed by atoms with Gasteiger partial charge in [0.1, 0.15) is 0 Å². The summed E-state index contributed by atoms with van der Waals surface area (Å²) in [6.45, 7) is 3.29. The molecule has 0 aromatic heterocycles. The molecule has 3 nitrogen and oxygen atoms in total. The highest BCUT2D eigenvalue weighted by molar-refractivity contribution is 5.54. The van der Waals surface area contributed by atoms with Crippen molar-refractivity contribution < 1.29 is 4.74 Å². The molecule has 2 atom stereocenters. The van der Waals surface area contributed by atoms with E-state index in [1.807, 2.05) is 7.11 Å². The van der Waals surface area contributed by atoms with Crippen LogP contribution in [0, 0.1) is 0 Å². The third kappa shape index (κ3) is 2.93. The van der Waals surface area contributed by atoms with Gasteiger partial charge in [-0.05, 0) is 37.3 Å². The molecule has 104 valence electrons. The molecule has 1 fully saturated rings. The van der Waals surface area contributed by atoms with Gasteiger partial charge in [-0.25, -0.2) is 0 Å². The standard InChI is InChI=1S/C16H24N2O/c1-19-15-10-14(17-11-15)12-18-9-5-4-7-13-6-2-3-8-16(13)18/h2-3,6,8,14-15,17H,4-5,7,9-12H2,1H3. The molecule has 0 aliphatic carbocycles. The Labute approximate surface area is 115 Å². The number of ether oxygens (including phenoxy) is 1. The molecule has 1 aromatic carbocycles. The molecule has 1 saturated heterocycles. The molecule has 3 rings (SSSR count). The summed E-state index contributed by atoms with van der Waals surface area (Å²) in [5.74, 6) is 0. The summed E-state index contributed by atoms with van der Waals surface area (Å²) < 4.78 is 5.44. The third-order valence-corrected chi connectivity index (χ3v) is 4.41. The molecular weight excluding hydrogens is 236 g/mol. The van der Waals surface area contributed by atoms with Crippen molar-refractivity contribution in [2.75, 3.05) is 31.6 Å². The molecule has 0 saturated carbocycles. The number of nitrogens with one attached hydrogen (secondary N) is 1. The Bertz CT molecular complexity index is 421. The number of rotatable bonds is 3. The minimum absolute atomic E-state index is 0.396. The highest BCUT2D eigenvalue weighted by atomic mass is 16.5. The zero-order chi connectivity index (χ0) is 13.1. The van der Waals surface area contributed by atoms with Gasteiger partial charge in [-0.1, -0.05) is 18.2 Å². The monoisotopic (exact) mass is 260 g/mol. The van der Waals surface area contributed by atoms with E-state index in [9.17, 15) is 0 Å². The van der Waals surface area contributed by atoms with Crippen LogP contribution in [0.15, 0.2) is 24.3 Å². The Morgan fingerprint density at radius 2 is 2.21 bits per heavy atom. The number of hydrogen-bond donors (Lipinski definition) is 1. The molecule has 19 heavy (non-hydrogen) atoms. The summed E-state index contributed by atoms with van der Waals surface area (Å²) in [7, 11) is 1.82. The smallest absolute Gasteiger partial charge is 0.0711 e. The van der Waals surface area contributed by atoms with Crippen LogP contribution < -0.4 is 10.2 Å². The minimum atomic E-state index is 0.396. The van der Waals surface area contributed by atoms with Gasteiger partial charge in [0.25, 0.3) is 0 Å². The second-order valence-electron chi connectivity index (χ2n) is 5.73. The summed E-state index contributed by atoms with van der Waals surface area (Å²) in [5, 5.41) is 3.59. The molecule has 0 spiro atoms.